The van der Waals surface area contributed by atoms with Gasteiger partial charge in [-0.2, -0.15) is 0 Å². The zero-order chi connectivity index (χ0) is 36.0. The topological polar surface area (TPSA) is 44.0 Å². The normalized spacial score (nSPS) is 14.4. The van der Waals surface area contributed by atoms with Crippen LogP contribution in [0.25, 0.3) is 55.0 Å². The summed E-state index contributed by atoms with van der Waals surface area (Å²) in [5.74, 6) is 0. The van der Waals surface area contributed by atoms with Gasteiger partial charge >= 0.3 is 0 Å². The fourth-order valence-electron chi connectivity index (χ4n) is 9.25. The monoisotopic (exact) mass is 712 g/mol. The molecule has 3 heterocycles. The van der Waals surface area contributed by atoms with Gasteiger partial charge in [0, 0.05) is 32.9 Å². The van der Waals surface area contributed by atoms with Gasteiger partial charge in [0.05, 0.1) is 32.4 Å². The maximum absolute atomic E-state index is 15.5. The van der Waals surface area contributed by atoms with Crippen LogP contribution in [0.4, 0.5) is 0 Å². The Kier molecular flexibility index (Phi) is 6.52. The number of fused-ring (bicyclic) bond motifs is 9. The first-order valence-corrected chi connectivity index (χ1v) is 19.7. The molecule has 0 spiro atoms. The summed E-state index contributed by atoms with van der Waals surface area (Å²) in [6.45, 7) is 0. The van der Waals surface area contributed by atoms with Crippen LogP contribution in [0.15, 0.2) is 204 Å². The average Bonchev–Trinajstić information content (AvgIpc) is 3.75. The van der Waals surface area contributed by atoms with Crippen molar-refractivity contribution in [3.8, 4) is 11.4 Å². The SMILES string of the molecule is O=S1(=O)c2ccccc2C(c2ccccc2)(c2ccccc2)c2ccc3c4ccccc4n(-c4ccc5c(c4)c4ccccc4n5-c4ccccc4)c3c21. The molecule has 0 saturated heterocycles. The molecule has 5 heteroatoms. The van der Waals surface area contributed by atoms with Gasteiger partial charge in [0.25, 0.3) is 0 Å². The second-order valence-electron chi connectivity index (χ2n) is 14.1. The van der Waals surface area contributed by atoms with Crippen LogP contribution in [0.3, 0.4) is 0 Å². The molecule has 0 unspecified atom stereocenters. The maximum Gasteiger partial charge on any atom is 0.209 e. The number of hydrogen-bond acceptors (Lipinski definition) is 2. The summed E-state index contributed by atoms with van der Waals surface area (Å²) >= 11 is 0. The third-order valence-corrected chi connectivity index (χ3v) is 13.3. The molecule has 0 amide bonds. The Labute approximate surface area is 312 Å². The summed E-state index contributed by atoms with van der Waals surface area (Å²) in [7, 11) is -4.03. The lowest BCUT2D eigenvalue weighted by Crippen LogP contribution is -2.37. The lowest BCUT2D eigenvalue weighted by Gasteiger charge is -2.42. The molecule has 256 valence electrons. The fraction of sp³-hybridized carbons (Fsp3) is 0.0204. The van der Waals surface area contributed by atoms with Crippen LogP contribution in [-0.2, 0) is 15.3 Å². The van der Waals surface area contributed by atoms with Gasteiger partial charge in [-0.15, -0.1) is 0 Å². The highest BCUT2D eigenvalue weighted by Crippen LogP contribution is 2.56. The molecule has 4 nitrogen and oxygen atoms in total. The standard InChI is InChI=1S/C49H32N2O2S/c52-54(53)46-27-15-12-24-41(46)49(33-16-4-1-5-17-33,34-18-6-2-7-19-34)42-30-29-39-37-22-10-14-26-44(37)51(47(39)48(42)54)36-28-31-45-40(32-36)38-23-11-13-25-43(38)50(45)35-20-8-3-9-21-35/h1-32H. The van der Waals surface area contributed by atoms with E-state index in [1.807, 2.05) is 72.8 Å². The molecule has 0 aliphatic carbocycles. The molecular formula is C49H32N2O2S. The highest BCUT2D eigenvalue weighted by molar-refractivity contribution is 7.92. The Morgan fingerprint density at radius 1 is 0.389 bits per heavy atom. The smallest absolute Gasteiger partial charge is 0.209 e. The third kappa shape index (κ3) is 4.04. The summed E-state index contributed by atoms with van der Waals surface area (Å²) in [6, 6.07) is 66.2. The summed E-state index contributed by atoms with van der Waals surface area (Å²) in [4.78, 5) is 0.672. The van der Waals surface area contributed by atoms with E-state index < -0.39 is 15.3 Å². The molecule has 0 N–H and O–H groups in total. The number of aromatic nitrogens is 2. The van der Waals surface area contributed by atoms with E-state index in [0.29, 0.717) is 15.3 Å². The van der Waals surface area contributed by atoms with Crippen molar-refractivity contribution in [1.82, 2.24) is 9.13 Å². The predicted molar refractivity (Wildman–Crippen MR) is 219 cm³/mol. The summed E-state index contributed by atoms with van der Waals surface area (Å²) in [5.41, 5.74) is 8.45. The summed E-state index contributed by atoms with van der Waals surface area (Å²) < 4.78 is 35.4. The van der Waals surface area contributed by atoms with Gasteiger partial charge in [0.2, 0.25) is 9.84 Å². The van der Waals surface area contributed by atoms with Gasteiger partial charge in [0.15, 0.2) is 0 Å². The molecule has 0 bridgehead atoms. The average molecular weight is 713 g/mol. The van der Waals surface area contributed by atoms with Crippen LogP contribution in [0, 0.1) is 0 Å². The van der Waals surface area contributed by atoms with Crippen molar-refractivity contribution in [2.75, 3.05) is 0 Å². The predicted octanol–water partition coefficient (Wildman–Crippen LogP) is 11.4. The van der Waals surface area contributed by atoms with Crippen LogP contribution in [0.5, 0.6) is 0 Å². The molecule has 0 atom stereocenters. The minimum Gasteiger partial charge on any atom is -0.309 e. The van der Waals surface area contributed by atoms with Gasteiger partial charge < -0.3 is 9.13 Å². The van der Waals surface area contributed by atoms with E-state index in [4.69, 9.17) is 0 Å². The van der Waals surface area contributed by atoms with Crippen LogP contribution < -0.4 is 0 Å². The van der Waals surface area contributed by atoms with Crippen molar-refractivity contribution in [2.24, 2.45) is 0 Å². The van der Waals surface area contributed by atoms with Crippen LogP contribution in [0.2, 0.25) is 0 Å². The van der Waals surface area contributed by atoms with E-state index >= 15 is 8.42 Å². The number of para-hydroxylation sites is 3. The molecule has 0 radical (unpaired) electrons. The first kappa shape index (κ1) is 30.9. The zero-order valence-corrected chi connectivity index (χ0v) is 29.9. The number of sulfone groups is 1. The maximum atomic E-state index is 15.5. The highest BCUT2D eigenvalue weighted by Gasteiger charge is 2.50. The van der Waals surface area contributed by atoms with Crippen molar-refractivity contribution in [2.45, 2.75) is 15.2 Å². The van der Waals surface area contributed by atoms with Gasteiger partial charge in [-0.1, -0.05) is 146 Å². The minimum absolute atomic E-state index is 0.330. The first-order chi connectivity index (χ1) is 26.6. The van der Waals surface area contributed by atoms with E-state index in [2.05, 4.69) is 124 Å². The second-order valence-corrected chi connectivity index (χ2v) is 15.9. The van der Waals surface area contributed by atoms with Crippen LogP contribution in [-0.4, -0.2) is 17.6 Å². The highest BCUT2D eigenvalue weighted by atomic mass is 32.2. The molecule has 1 aliphatic heterocycles. The van der Waals surface area contributed by atoms with Gasteiger partial charge in [-0.25, -0.2) is 8.42 Å². The molecular weight excluding hydrogens is 681 g/mol. The molecule has 1 aliphatic rings. The second kappa shape index (κ2) is 11.4. The van der Waals surface area contributed by atoms with Crippen molar-refractivity contribution < 1.29 is 8.42 Å². The van der Waals surface area contributed by atoms with Crippen LogP contribution >= 0.6 is 0 Å². The largest absolute Gasteiger partial charge is 0.309 e. The van der Waals surface area contributed by atoms with E-state index in [1.54, 1.807) is 6.07 Å². The lowest BCUT2D eigenvalue weighted by atomic mass is 9.64. The van der Waals surface area contributed by atoms with Crippen molar-refractivity contribution in [3.63, 3.8) is 0 Å². The number of benzene rings is 8. The Bertz CT molecular complexity index is 3180. The molecule has 54 heavy (non-hydrogen) atoms. The van der Waals surface area contributed by atoms with Gasteiger partial charge in [0.1, 0.15) is 4.90 Å². The minimum atomic E-state index is -4.03. The number of hydrogen-bond donors (Lipinski definition) is 0. The van der Waals surface area contributed by atoms with Gasteiger partial charge in [-0.3, -0.25) is 0 Å². The van der Waals surface area contributed by atoms with Crippen molar-refractivity contribution in [1.29, 1.82) is 0 Å². The van der Waals surface area contributed by atoms with Crippen molar-refractivity contribution >= 4 is 53.4 Å². The third-order valence-electron chi connectivity index (χ3n) is 11.4. The first-order valence-electron chi connectivity index (χ1n) is 18.2. The zero-order valence-electron chi connectivity index (χ0n) is 29.1. The number of rotatable bonds is 4. The Hall–Kier alpha value is -6.69. The fourth-order valence-corrected chi connectivity index (χ4v) is 11.2. The van der Waals surface area contributed by atoms with Crippen LogP contribution in [0.1, 0.15) is 22.3 Å². The Morgan fingerprint density at radius 2 is 0.926 bits per heavy atom. The lowest BCUT2D eigenvalue weighted by molar-refractivity contribution is 0.580. The molecule has 10 aromatic rings. The molecule has 0 fully saturated rings. The summed E-state index contributed by atoms with van der Waals surface area (Å²) in [5, 5.41) is 4.13. The quantitative estimate of drug-likeness (QED) is 0.182. The Morgan fingerprint density at radius 3 is 1.61 bits per heavy atom. The van der Waals surface area contributed by atoms with Gasteiger partial charge in [-0.05, 0) is 70.8 Å². The van der Waals surface area contributed by atoms with E-state index in [1.165, 1.54) is 0 Å². The van der Waals surface area contributed by atoms with E-state index in [9.17, 15) is 0 Å². The Balaban J connectivity index is 1.31. The molecule has 2 aromatic heterocycles. The molecule has 0 saturated carbocycles. The van der Waals surface area contributed by atoms with E-state index in [-0.39, 0.29) is 0 Å². The van der Waals surface area contributed by atoms with Crippen molar-refractivity contribution in [3.05, 3.63) is 216 Å². The molecule has 8 aromatic carbocycles. The van der Waals surface area contributed by atoms with E-state index in [0.717, 1.165) is 71.7 Å². The summed E-state index contributed by atoms with van der Waals surface area (Å²) in [6.07, 6.45) is 0. The molecule has 11 rings (SSSR count). The number of nitrogens with zero attached hydrogens (tertiary/aromatic N) is 2.